The maximum Gasteiger partial charge on any atom is 0.255 e. The molecule has 2 aromatic rings. The van der Waals surface area contributed by atoms with Crippen molar-refractivity contribution in [2.75, 3.05) is 23.7 Å². The lowest BCUT2D eigenvalue weighted by Gasteiger charge is -2.23. The lowest BCUT2D eigenvalue weighted by Crippen LogP contribution is -2.26. The fourth-order valence-electron chi connectivity index (χ4n) is 3.89. The minimum absolute atomic E-state index is 0.0445. The van der Waals surface area contributed by atoms with E-state index in [4.69, 9.17) is 0 Å². The first-order chi connectivity index (χ1) is 12.2. The number of carbonyl (C=O) groups is 1. The first-order valence-corrected chi connectivity index (χ1v) is 9.20. The highest BCUT2D eigenvalue weighted by atomic mass is 16.1. The van der Waals surface area contributed by atoms with Gasteiger partial charge >= 0.3 is 0 Å². The van der Waals surface area contributed by atoms with E-state index >= 15 is 0 Å². The van der Waals surface area contributed by atoms with Crippen LogP contribution in [0.5, 0.6) is 0 Å². The minimum Gasteiger partial charge on any atom is -0.382 e. The van der Waals surface area contributed by atoms with Crippen LogP contribution in [-0.4, -0.2) is 25.0 Å². The number of hydrogen-bond acceptors (Lipinski definition) is 3. The van der Waals surface area contributed by atoms with Crippen LogP contribution in [0.1, 0.15) is 47.2 Å². The molecule has 130 valence electrons. The number of fused-ring (bicyclic) bond motifs is 1. The maximum absolute atomic E-state index is 12.5. The van der Waals surface area contributed by atoms with E-state index in [-0.39, 0.29) is 5.91 Å². The fraction of sp³-hybridized carbons (Fsp3) is 0.381. The lowest BCUT2D eigenvalue weighted by atomic mass is 9.90. The Balaban J connectivity index is 1.43. The highest BCUT2D eigenvalue weighted by Crippen LogP contribution is 2.28. The number of nitrogens with one attached hydrogen (secondary N) is 3. The Morgan fingerprint density at radius 2 is 1.84 bits per heavy atom. The van der Waals surface area contributed by atoms with Gasteiger partial charge in [0.15, 0.2) is 0 Å². The Hall–Kier alpha value is -2.33. The van der Waals surface area contributed by atoms with E-state index in [0.29, 0.717) is 12.0 Å². The Kier molecular flexibility index (Phi) is 4.45. The van der Waals surface area contributed by atoms with Crippen molar-refractivity contribution in [2.24, 2.45) is 0 Å². The molecule has 4 rings (SSSR count). The van der Waals surface area contributed by atoms with Gasteiger partial charge in [0.05, 0.1) is 0 Å². The smallest absolute Gasteiger partial charge is 0.255 e. The number of rotatable bonds is 3. The highest BCUT2D eigenvalue weighted by molar-refractivity contribution is 6.04. The van der Waals surface area contributed by atoms with E-state index in [9.17, 15) is 4.79 Å². The predicted molar refractivity (Wildman–Crippen MR) is 102 cm³/mol. The van der Waals surface area contributed by atoms with Gasteiger partial charge in [0.2, 0.25) is 0 Å². The van der Waals surface area contributed by atoms with Crippen molar-refractivity contribution in [3.8, 4) is 0 Å². The van der Waals surface area contributed by atoms with Crippen LogP contribution in [0.2, 0.25) is 0 Å². The lowest BCUT2D eigenvalue weighted by molar-refractivity contribution is 0.102. The third kappa shape index (κ3) is 3.54. The first kappa shape index (κ1) is 16.2. The van der Waals surface area contributed by atoms with Crippen molar-refractivity contribution in [2.45, 2.75) is 38.1 Å². The van der Waals surface area contributed by atoms with Gasteiger partial charge in [-0.2, -0.15) is 0 Å². The zero-order valence-electron chi connectivity index (χ0n) is 14.6. The molecule has 4 nitrogen and oxygen atoms in total. The molecule has 0 aromatic heterocycles. The average Bonchev–Trinajstić information content (AvgIpc) is 3.02. The van der Waals surface area contributed by atoms with Crippen LogP contribution >= 0.6 is 0 Å². The van der Waals surface area contributed by atoms with E-state index in [1.807, 2.05) is 30.3 Å². The summed E-state index contributed by atoms with van der Waals surface area (Å²) < 4.78 is 0. The van der Waals surface area contributed by atoms with Crippen molar-refractivity contribution in [3.05, 3.63) is 59.2 Å². The summed E-state index contributed by atoms with van der Waals surface area (Å²) in [5, 5.41) is 9.83. The standard InChI is InChI=1S/C21H25N3O/c1-14-12-18-13-17(4-7-20(18)23-14)21(25)24-19-5-2-15(3-6-19)16-8-10-22-11-9-16/h2-7,13-14,16,22-23H,8-12H2,1H3,(H,24,25)/t14-/m1/s1. The molecule has 0 bridgehead atoms. The van der Waals surface area contributed by atoms with E-state index in [1.165, 1.54) is 24.0 Å². The molecule has 1 saturated heterocycles. The van der Waals surface area contributed by atoms with Gasteiger partial charge in [-0.05, 0) is 86.7 Å². The Morgan fingerprint density at radius 3 is 2.60 bits per heavy atom. The molecule has 4 heteroatoms. The summed E-state index contributed by atoms with van der Waals surface area (Å²) >= 11 is 0. The highest BCUT2D eigenvalue weighted by Gasteiger charge is 2.19. The average molecular weight is 335 g/mol. The van der Waals surface area contributed by atoms with Crippen LogP contribution < -0.4 is 16.0 Å². The van der Waals surface area contributed by atoms with Crippen LogP contribution in [-0.2, 0) is 6.42 Å². The molecule has 2 aliphatic rings. The normalized spacial score (nSPS) is 20.0. The van der Waals surface area contributed by atoms with Gasteiger partial charge in [0, 0.05) is 23.0 Å². The fourth-order valence-corrected chi connectivity index (χ4v) is 3.89. The number of amides is 1. The second-order valence-electron chi connectivity index (χ2n) is 7.22. The summed E-state index contributed by atoms with van der Waals surface area (Å²) in [6, 6.07) is 14.7. The second-order valence-corrected chi connectivity index (χ2v) is 7.22. The third-order valence-electron chi connectivity index (χ3n) is 5.27. The number of benzene rings is 2. The van der Waals surface area contributed by atoms with Gasteiger partial charge in [-0.15, -0.1) is 0 Å². The maximum atomic E-state index is 12.5. The SMILES string of the molecule is C[C@@H]1Cc2cc(C(=O)Nc3ccc(C4CCNCC4)cc3)ccc2N1. The van der Waals surface area contributed by atoms with Crippen molar-refractivity contribution >= 4 is 17.3 Å². The second kappa shape index (κ2) is 6.89. The predicted octanol–water partition coefficient (Wildman–Crippen LogP) is 3.76. The van der Waals surface area contributed by atoms with E-state index in [2.05, 4.69) is 35.0 Å². The van der Waals surface area contributed by atoms with Crippen molar-refractivity contribution < 1.29 is 4.79 Å². The van der Waals surface area contributed by atoms with Gasteiger partial charge in [0.25, 0.3) is 5.91 Å². The molecular formula is C21H25N3O. The molecule has 1 atom stereocenters. The summed E-state index contributed by atoms with van der Waals surface area (Å²) in [6.45, 7) is 4.34. The van der Waals surface area contributed by atoms with Gasteiger partial charge in [-0.25, -0.2) is 0 Å². The zero-order chi connectivity index (χ0) is 17.2. The Labute approximate surface area is 149 Å². The van der Waals surface area contributed by atoms with E-state index in [0.717, 1.165) is 36.4 Å². The molecule has 2 aliphatic heterocycles. The summed E-state index contributed by atoms with van der Waals surface area (Å²) in [5.74, 6) is 0.592. The number of hydrogen-bond donors (Lipinski definition) is 3. The van der Waals surface area contributed by atoms with Crippen LogP contribution in [0, 0.1) is 0 Å². The molecule has 0 saturated carbocycles. The summed E-state index contributed by atoms with van der Waals surface area (Å²) in [4.78, 5) is 12.5. The van der Waals surface area contributed by atoms with Crippen molar-refractivity contribution in [3.63, 3.8) is 0 Å². The minimum atomic E-state index is -0.0445. The van der Waals surface area contributed by atoms with Crippen LogP contribution in [0.15, 0.2) is 42.5 Å². The summed E-state index contributed by atoms with van der Waals surface area (Å²) in [5.41, 5.74) is 5.32. The van der Waals surface area contributed by atoms with Gasteiger partial charge in [0.1, 0.15) is 0 Å². The van der Waals surface area contributed by atoms with Crippen molar-refractivity contribution in [1.29, 1.82) is 0 Å². The van der Waals surface area contributed by atoms with Gasteiger partial charge in [-0.1, -0.05) is 12.1 Å². The largest absolute Gasteiger partial charge is 0.382 e. The molecule has 25 heavy (non-hydrogen) atoms. The molecule has 0 spiro atoms. The molecule has 1 fully saturated rings. The quantitative estimate of drug-likeness (QED) is 0.800. The Bertz CT molecular complexity index is 763. The number of piperidine rings is 1. The molecule has 2 aromatic carbocycles. The van der Waals surface area contributed by atoms with Gasteiger partial charge < -0.3 is 16.0 Å². The number of anilines is 2. The van der Waals surface area contributed by atoms with E-state index in [1.54, 1.807) is 0 Å². The zero-order valence-corrected chi connectivity index (χ0v) is 14.6. The van der Waals surface area contributed by atoms with Gasteiger partial charge in [-0.3, -0.25) is 4.79 Å². The first-order valence-electron chi connectivity index (χ1n) is 9.20. The van der Waals surface area contributed by atoms with Crippen LogP contribution in [0.3, 0.4) is 0 Å². The molecule has 0 aliphatic carbocycles. The number of carbonyl (C=O) groups excluding carboxylic acids is 1. The monoisotopic (exact) mass is 335 g/mol. The third-order valence-corrected chi connectivity index (χ3v) is 5.27. The Morgan fingerprint density at radius 1 is 1.08 bits per heavy atom. The molecular weight excluding hydrogens is 310 g/mol. The van der Waals surface area contributed by atoms with E-state index < -0.39 is 0 Å². The summed E-state index contributed by atoms with van der Waals surface area (Å²) in [6.07, 6.45) is 3.35. The molecule has 0 radical (unpaired) electrons. The molecule has 3 N–H and O–H groups in total. The van der Waals surface area contributed by atoms with Crippen LogP contribution in [0.4, 0.5) is 11.4 Å². The molecule has 2 heterocycles. The van der Waals surface area contributed by atoms with Crippen LogP contribution in [0.25, 0.3) is 0 Å². The summed E-state index contributed by atoms with van der Waals surface area (Å²) in [7, 11) is 0. The molecule has 1 amide bonds. The molecule has 0 unspecified atom stereocenters. The topological polar surface area (TPSA) is 53.2 Å². The van der Waals surface area contributed by atoms with Crippen molar-refractivity contribution in [1.82, 2.24) is 5.32 Å².